The van der Waals surface area contributed by atoms with E-state index < -0.39 is 5.75 Å². The average molecular weight is 328 g/mol. The van der Waals surface area contributed by atoms with Crippen LogP contribution in [0.25, 0.3) is 6.08 Å². The number of ketones is 1. The summed E-state index contributed by atoms with van der Waals surface area (Å²) in [5, 5.41) is 20.0. The maximum absolute atomic E-state index is 12.7. The van der Waals surface area contributed by atoms with Crippen molar-refractivity contribution in [3.05, 3.63) is 47.0 Å². The molecule has 0 amide bonds. The quantitative estimate of drug-likeness (QED) is 0.843. The summed E-state index contributed by atoms with van der Waals surface area (Å²) < 4.78 is 15.5. The van der Waals surface area contributed by atoms with Gasteiger partial charge >= 0.3 is 0 Å². The van der Waals surface area contributed by atoms with Gasteiger partial charge in [-0.1, -0.05) is 12.1 Å². The first-order valence-corrected chi connectivity index (χ1v) is 7.20. The van der Waals surface area contributed by atoms with Gasteiger partial charge in [0.15, 0.2) is 17.3 Å². The van der Waals surface area contributed by atoms with E-state index in [-0.39, 0.29) is 35.2 Å². The molecule has 1 aliphatic rings. The number of carbonyl (C=O) groups is 1. The van der Waals surface area contributed by atoms with Crippen molar-refractivity contribution in [3.8, 4) is 28.7 Å². The van der Waals surface area contributed by atoms with Crippen molar-refractivity contribution in [2.75, 3.05) is 20.8 Å². The van der Waals surface area contributed by atoms with Crippen LogP contribution in [0.15, 0.2) is 35.9 Å². The topological polar surface area (TPSA) is 85.2 Å². The Kier molecular flexibility index (Phi) is 4.04. The highest BCUT2D eigenvalue weighted by Gasteiger charge is 2.30. The minimum atomic E-state index is -0.433. The van der Waals surface area contributed by atoms with E-state index in [2.05, 4.69) is 0 Å². The van der Waals surface area contributed by atoms with Crippen molar-refractivity contribution in [2.45, 2.75) is 0 Å². The Morgan fingerprint density at radius 2 is 1.83 bits per heavy atom. The number of fused-ring (bicyclic) bond motifs is 1. The lowest BCUT2D eigenvalue weighted by Crippen LogP contribution is -2.19. The summed E-state index contributed by atoms with van der Waals surface area (Å²) in [6.07, 6.45) is 1.68. The Balaban J connectivity index is 2.01. The van der Waals surface area contributed by atoms with E-state index in [0.717, 1.165) is 5.56 Å². The molecule has 0 saturated heterocycles. The Morgan fingerprint density at radius 3 is 2.46 bits per heavy atom. The molecule has 1 heterocycles. The summed E-state index contributed by atoms with van der Waals surface area (Å²) in [6.45, 7) is 0.0447. The highest BCUT2D eigenvalue weighted by molar-refractivity contribution is 6.16. The molecule has 0 fully saturated rings. The molecule has 2 aromatic rings. The molecule has 1 aliphatic heterocycles. The second-order valence-electron chi connectivity index (χ2n) is 5.21. The molecule has 6 nitrogen and oxygen atoms in total. The van der Waals surface area contributed by atoms with Gasteiger partial charge in [0.2, 0.25) is 5.75 Å². The minimum absolute atomic E-state index is 0.0179. The van der Waals surface area contributed by atoms with Gasteiger partial charge in [-0.15, -0.1) is 0 Å². The lowest BCUT2D eigenvalue weighted by Gasteiger charge is -2.21. The molecule has 0 saturated carbocycles. The van der Waals surface area contributed by atoms with Crippen LogP contribution in [0.2, 0.25) is 0 Å². The predicted octanol–water partition coefficient (Wildman–Crippen LogP) is 2.77. The molecule has 3 rings (SSSR count). The summed E-state index contributed by atoms with van der Waals surface area (Å²) in [4.78, 5) is 12.7. The molecule has 0 spiro atoms. The molecule has 0 aliphatic carbocycles. The Hall–Kier alpha value is -3.15. The third-order valence-electron chi connectivity index (χ3n) is 3.76. The number of phenols is 2. The van der Waals surface area contributed by atoms with Gasteiger partial charge in [0.25, 0.3) is 0 Å². The van der Waals surface area contributed by atoms with Gasteiger partial charge in [-0.2, -0.15) is 0 Å². The van der Waals surface area contributed by atoms with Crippen LogP contribution in [-0.2, 0) is 0 Å². The van der Waals surface area contributed by atoms with Crippen molar-refractivity contribution in [3.63, 3.8) is 0 Å². The molecule has 0 radical (unpaired) electrons. The minimum Gasteiger partial charge on any atom is -0.504 e. The van der Waals surface area contributed by atoms with E-state index in [0.29, 0.717) is 11.3 Å². The van der Waals surface area contributed by atoms with Crippen LogP contribution >= 0.6 is 0 Å². The van der Waals surface area contributed by atoms with Gasteiger partial charge < -0.3 is 24.4 Å². The van der Waals surface area contributed by atoms with E-state index in [1.165, 1.54) is 13.2 Å². The van der Waals surface area contributed by atoms with E-state index in [1.54, 1.807) is 25.3 Å². The van der Waals surface area contributed by atoms with Gasteiger partial charge in [-0.3, -0.25) is 4.79 Å². The van der Waals surface area contributed by atoms with Crippen LogP contribution in [-0.4, -0.2) is 36.8 Å². The molecular formula is C18H16O6. The molecule has 0 unspecified atom stereocenters. The molecule has 2 aromatic carbocycles. The molecular weight excluding hydrogens is 312 g/mol. The van der Waals surface area contributed by atoms with Crippen LogP contribution in [0.4, 0.5) is 0 Å². The van der Waals surface area contributed by atoms with Crippen LogP contribution in [0, 0.1) is 0 Å². The Bertz CT molecular complexity index is 820. The molecule has 2 N–H and O–H groups in total. The number of carbonyl (C=O) groups excluding carboxylic acids is 1. The van der Waals surface area contributed by atoms with Gasteiger partial charge in [-0.05, 0) is 23.8 Å². The molecule has 124 valence electrons. The largest absolute Gasteiger partial charge is 0.504 e. The first-order valence-electron chi connectivity index (χ1n) is 7.20. The van der Waals surface area contributed by atoms with Crippen molar-refractivity contribution in [1.82, 2.24) is 0 Å². The number of phenolic OH excluding ortho intramolecular Hbond substituents is 2. The maximum atomic E-state index is 12.7. The fraction of sp³-hybridized carbons (Fsp3) is 0.167. The predicted molar refractivity (Wildman–Crippen MR) is 87.1 cm³/mol. The maximum Gasteiger partial charge on any atom is 0.203 e. The zero-order valence-electron chi connectivity index (χ0n) is 13.2. The Morgan fingerprint density at radius 1 is 1.12 bits per heavy atom. The van der Waals surface area contributed by atoms with Gasteiger partial charge in [0.05, 0.1) is 14.2 Å². The van der Waals surface area contributed by atoms with Gasteiger partial charge in [-0.25, -0.2) is 0 Å². The fourth-order valence-corrected chi connectivity index (χ4v) is 2.54. The van der Waals surface area contributed by atoms with E-state index in [9.17, 15) is 15.0 Å². The molecule has 24 heavy (non-hydrogen) atoms. The number of hydrogen-bond donors (Lipinski definition) is 2. The van der Waals surface area contributed by atoms with Crippen LogP contribution in [0.5, 0.6) is 28.7 Å². The fourth-order valence-electron chi connectivity index (χ4n) is 2.54. The first kappa shape index (κ1) is 15.7. The molecule has 0 atom stereocenters. The zero-order chi connectivity index (χ0) is 17.3. The first-order chi connectivity index (χ1) is 11.5. The standard InChI is InChI=1S/C18H16O6/c1-22-12-5-3-10(4-6-12)7-11-9-24-14-8-13(19)18(23-2)17(21)15(14)16(11)20/h3-8,19,21H,9H2,1-2H3/b11-7+. The molecule has 0 aromatic heterocycles. The summed E-state index contributed by atoms with van der Waals surface area (Å²) >= 11 is 0. The highest BCUT2D eigenvalue weighted by Crippen LogP contribution is 2.46. The third-order valence-corrected chi connectivity index (χ3v) is 3.76. The number of benzene rings is 2. The van der Waals surface area contributed by atoms with E-state index in [4.69, 9.17) is 14.2 Å². The third kappa shape index (κ3) is 2.62. The number of rotatable bonds is 3. The second-order valence-corrected chi connectivity index (χ2v) is 5.21. The monoisotopic (exact) mass is 328 g/mol. The van der Waals surface area contributed by atoms with Crippen LogP contribution in [0.3, 0.4) is 0 Å². The van der Waals surface area contributed by atoms with Crippen LogP contribution < -0.4 is 14.2 Å². The lowest BCUT2D eigenvalue weighted by molar-refractivity contribution is 0.0996. The summed E-state index contributed by atoms with van der Waals surface area (Å²) in [7, 11) is 2.87. The van der Waals surface area contributed by atoms with Crippen molar-refractivity contribution in [2.24, 2.45) is 0 Å². The van der Waals surface area contributed by atoms with E-state index in [1.807, 2.05) is 12.1 Å². The second kappa shape index (κ2) is 6.16. The SMILES string of the molecule is COc1ccc(/C=C2\COc3cc(O)c(OC)c(O)c3C2=O)cc1. The summed E-state index contributed by atoms with van der Waals surface area (Å²) in [5.74, 6) is -0.407. The average Bonchev–Trinajstić information content (AvgIpc) is 2.58. The zero-order valence-corrected chi connectivity index (χ0v) is 13.2. The lowest BCUT2D eigenvalue weighted by atomic mass is 9.97. The molecule has 0 bridgehead atoms. The summed E-state index contributed by atoms with van der Waals surface area (Å²) in [6, 6.07) is 8.45. The van der Waals surface area contributed by atoms with Gasteiger partial charge in [0, 0.05) is 11.6 Å². The number of ether oxygens (including phenoxy) is 3. The normalized spacial score (nSPS) is 14.9. The number of aromatic hydroxyl groups is 2. The van der Waals surface area contributed by atoms with E-state index >= 15 is 0 Å². The summed E-state index contributed by atoms with van der Waals surface area (Å²) in [5.41, 5.74) is 1.17. The highest BCUT2D eigenvalue weighted by atomic mass is 16.5. The van der Waals surface area contributed by atoms with Gasteiger partial charge in [0.1, 0.15) is 23.7 Å². The van der Waals surface area contributed by atoms with Crippen molar-refractivity contribution >= 4 is 11.9 Å². The smallest absolute Gasteiger partial charge is 0.203 e. The number of Topliss-reactive ketones (excluding diaryl/α,β-unsaturated/α-hetero) is 1. The van der Waals surface area contributed by atoms with Crippen molar-refractivity contribution in [1.29, 1.82) is 0 Å². The number of methoxy groups -OCH3 is 2. The van der Waals surface area contributed by atoms with Crippen molar-refractivity contribution < 1.29 is 29.2 Å². The Labute approximate surface area is 138 Å². The van der Waals surface area contributed by atoms with Crippen LogP contribution in [0.1, 0.15) is 15.9 Å². The molecule has 6 heteroatoms. The number of hydrogen-bond acceptors (Lipinski definition) is 6.